The lowest BCUT2D eigenvalue weighted by molar-refractivity contribution is 0.0164. The molecule has 0 aromatic carbocycles. The molecule has 0 bridgehead atoms. The Bertz CT molecular complexity index is 300. The number of aliphatic hydroxyl groups is 1. The Morgan fingerprint density at radius 3 is 2.57 bits per heavy atom. The average Bonchev–Trinajstić information content (AvgIpc) is 2.46. The zero-order valence-corrected chi connectivity index (χ0v) is 13.8. The van der Waals surface area contributed by atoms with Crippen molar-refractivity contribution in [1.82, 2.24) is 10.6 Å². The van der Waals surface area contributed by atoms with Crippen LogP contribution in [0.25, 0.3) is 0 Å². The minimum Gasteiger partial charge on any atom is -0.388 e. The van der Waals surface area contributed by atoms with E-state index in [0.29, 0.717) is 19.3 Å². The molecule has 0 aliphatic heterocycles. The number of ether oxygens (including phenoxy) is 1. The summed E-state index contributed by atoms with van der Waals surface area (Å²) in [6.45, 7) is 7.16. The van der Waals surface area contributed by atoms with E-state index < -0.39 is 5.60 Å². The van der Waals surface area contributed by atoms with E-state index in [9.17, 15) is 9.90 Å². The molecule has 1 unspecified atom stereocenters. The Balaban J connectivity index is 2.00. The molecule has 0 radical (unpaired) electrons. The number of rotatable bonds is 8. The summed E-state index contributed by atoms with van der Waals surface area (Å²) >= 11 is 0. The van der Waals surface area contributed by atoms with Crippen LogP contribution in [0.15, 0.2) is 0 Å². The van der Waals surface area contributed by atoms with Gasteiger partial charge in [0.05, 0.1) is 11.7 Å². The molecule has 3 N–H and O–H groups in total. The van der Waals surface area contributed by atoms with E-state index in [1.54, 1.807) is 6.92 Å². The minimum atomic E-state index is -0.874. The third kappa shape index (κ3) is 7.67. The van der Waals surface area contributed by atoms with Crippen LogP contribution in [0.1, 0.15) is 59.3 Å². The highest BCUT2D eigenvalue weighted by molar-refractivity contribution is 5.73. The monoisotopic (exact) mass is 300 g/mol. The Hall–Kier alpha value is -0.810. The number of amides is 2. The van der Waals surface area contributed by atoms with E-state index >= 15 is 0 Å². The Morgan fingerprint density at radius 1 is 1.29 bits per heavy atom. The summed E-state index contributed by atoms with van der Waals surface area (Å²) in [5.41, 5.74) is -0.874. The van der Waals surface area contributed by atoms with Crippen LogP contribution < -0.4 is 10.6 Å². The van der Waals surface area contributed by atoms with Crippen LogP contribution >= 0.6 is 0 Å². The molecule has 21 heavy (non-hydrogen) atoms. The van der Waals surface area contributed by atoms with Gasteiger partial charge in [0.2, 0.25) is 0 Å². The van der Waals surface area contributed by atoms with Crippen molar-refractivity contribution >= 4 is 6.03 Å². The summed E-state index contributed by atoms with van der Waals surface area (Å²) in [6, 6.07) is -0.228. The highest BCUT2D eigenvalue weighted by atomic mass is 16.5. The van der Waals surface area contributed by atoms with Crippen LogP contribution in [0.3, 0.4) is 0 Å². The number of urea groups is 1. The van der Waals surface area contributed by atoms with Crippen molar-refractivity contribution in [3.63, 3.8) is 0 Å². The molecule has 1 aliphatic rings. The fourth-order valence-electron chi connectivity index (χ4n) is 2.28. The molecule has 2 amide bonds. The maximum atomic E-state index is 11.6. The zero-order valence-electron chi connectivity index (χ0n) is 13.8. The second-order valence-electron chi connectivity index (χ2n) is 6.61. The van der Waals surface area contributed by atoms with E-state index in [0.717, 1.165) is 6.42 Å². The van der Waals surface area contributed by atoms with Crippen LogP contribution in [0.2, 0.25) is 0 Å². The van der Waals surface area contributed by atoms with Crippen molar-refractivity contribution in [2.75, 3.05) is 19.7 Å². The van der Waals surface area contributed by atoms with Crippen molar-refractivity contribution < 1.29 is 14.6 Å². The molecule has 1 aliphatic carbocycles. The van der Waals surface area contributed by atoms with Crippen LogP contribution in [0.5, 0.6) is 0 Å². The van der Waals surface area contributed by atoms with Gasteiger partial charge in [-0.3, -0.25) is 0 Å². The predicted molar refractivity (Wildman–Crippen MR) is 84.3 cm³/mol. The molecule has 1 saturated carbocycles. The summed E-state index contributed by atoms with van der Waals surface area (Å²) < 4.78 is 5.80. The fourth-order valence-corrected chi connectivity index (χ4v) is 2.28. The van der Waals surface area contributed by atoms with Gasteiger partial charge in [-0.15, -0.1) is 0 Å². The number of hydrogen-bond donors (Lipinski definition) is 3. The van der Waals surface area contributed by atoms with Gasteiger partial charge in [-0.05, 0) is 32.1 Å². The lowest BCUT2D eigenvalue weighted by atomic mass is 9.93. The number of carbonyl (C=O) groups excluding carboxylic acids is 1. The predicted octanol–water partition coefficient (Wildman–Crippen LogP) is 2.43. The largest absolute Gasteiger partial charge is 0.388 e. The van der Waals surface area contributed by atoms with Gasteiger partial charge in [0.25, 0.3) is 0 Å². The van der Waals surface area contributed by atoms with Gasteiger partial charge in [-0.2, -0.15) is 0 Å². The maximum Gasteiger partial charge on any atom is 0.314 e. The third-order valence-electron chi connectivity index (χ3n) is 4.36. The molecule has 1 rings (SSSR count). The molecule has 124 valence electrons. The van der Waals surface area contributed by atoms with Gasteiger partial charge in [-0.1, -0.05) is 33.1 Å². The Morgan fingerprint density at radius 2 is 1.95 bits per heavy atom. The van der Waals surface area contributed by atoms with E-state index in [-0.39, 0.29) is 18.5 Å². The maximum absolute atomic E-state index is 11.6. The first-order chi connectivity index (χ1) is 9.92. The van der Waals surface area contributed by atoms with E-state index in [1.165, 1.54) is 32.1 Å². The number of nitrogens with one attached hydrogen (secondary N) is 2. The number of carbonyl (C=O) groups is 1. The summed E-state index contributed by atoms with van der Waals surface area (Å²) in [5.74, 6) is 0.0988. The normalized spacial score (nSPS) is 19.3. The van der Waals surface area contributed by atoms with Crippen molar-refractivity contribution in [3.05, 3.63) is 0 Å². The zero-order chi connectivity index (χ0) is 15.7. The first-order valence-corrected chi connectivity index (χ1v) is 8.27. The molecular weight excluding hydrogens is 268 g/mol. The van der Waals surface area contributed by atoms with Crippen molar-refractivity contribution in [2.24, 2.45) is 5.92 Å². The van der Waals surface area contributed by atoms with Crippen LogP contribution in [-0.2, 0) is 4.74 Å². The second kappa shape index (κ2) is 9.26. The smallest absolute Gasteiger partial charge is 0.314 e. The van der Waals surface area contributed by atoms with Crippen molar-refractivity contribution in [3.8, 4) is 0 Å². The SMILES string of the molecule is CC(C)C(C)(O)CNC(=O)NCCCOC1CCCCC1. The van der Waals surface area contributed by atoms with Gasteiger partial charge in [0.15, 0.2) is 0 Å². The minimum absolute atomic E-state index is 0.0988. The molecule has 5 heteroatoms. The van der Waals surface area contributed by atoms with Crippen molar-refractivity contribution in [2.45, 2.75) is 71.0 Å². The van der Waals surface area contributed by atoms with E-state index in [4.69, 9.17) is 4.74 Å². The van der Waals surface area contributed by atoms with Gasteiger partial charge >= 0.3 is 6.03 Å². The summed E-state index contributed by atoms with van der Waals surface area (Å²) in [6.07, 6.45) is 7.50. The number of hydrogen-bond acceptors (Lipinski definition) is 3. The van der Waals surface area contributed by atoms with E-state index in [1.807, 2.05) is 13.8 Å². The van der Waals surface area contributed by atoms with Crippen molar-refractivity contribution in [1.29, 1.82) is 0 Å². The summed E-state index contributed by atoms with van der Waals surface area (Å²) in [7, 11) is 0. The lowest BCUT2D eigenvalue weighted by Gasteiger charge is -2.27. The van der Waals surface area contributed by atoms with Gasteiger partial charge in [0, 0.05) is 19.7 Å². The van der Waals surface area contributed by atoms with Crippen LogP contribution in [-0.4, -0.2) is 42.5 Å². The van der Waals surface area contributed by atoms with Gasteiger partial charge in [0.1, 0.15) is 0 Å². The first-order valence-electron chi connectivity index (χ1n) is 8.27. The van der Waals surface area contributed by atoms with Crippen LogP contribution in [0.4, 0.5) is 4.79 Å². The van der Waals surface area contributed by atoms with Crippen LogP contribution in [0, 0.1) is 5.92 Å². The third-order valence-corrected chi connectivity index (χ3v) is 4.36. The fraction of sp³-hybridized carbons (Fsp3) is 0.938. The molecule has 1 atom stereocenters. The average molecular weight is 300 g/mol. The molecule has 0 heterocycles. The highest BCUT2D eigenvalue weighted by Crippen LogP contribution is 2.20. The first kappa shape index (κ1) is 18.2. The molecule has 0 saturated heterocycles. The topological polar surface area (TPSA) is 70.6 Å². The molecular formula is C16H32N2O3. The second-order valence-corrected chi connectivity index (χ2v) is 6.61. The molecule has 0 aromatic rings. The van der Waals surface area contributed by atoms with Gasteiger partial charge < -0.3 is 20.5 Å². The molecule has 5 nitrogen and oxygen atoms in total. The standard InChI is InChI=1S/C16H32N2O3/c1-13(2)16(3,20)12-18-15(19)17-10-7-11-21-14-8-5-4-6-9-14/h13-14,20H,4-12H2,1-3H3,(H2,17,18,19). The molecule has 0 aromatic heterocycles. The highest BCUT2D eigenvalue weighted by Gasteiger charge is 2.25. The molecule has 0 spiro atoms. The van der Waals surface area contributed by atoms with Gasteiger partial charge in [-0.25, -0.2) is 4.79 Å². The van der Waals surface area contributed by atoms with E-state index in [2.05, 4.69) is 10.6 Å². The summed E-state index contributed by atoms with van der Waals surface area (Å²) in [4.78, 5) is 11.6. The Labute approximate surface area is 128 Å². The summed E-state index contributed by atoms with van der Waals surface area (Å²) in [5, 5.41) is 15.5. The molecule has 1 fully saturated rings. The Kier molecular flexibility index (Phi) is 8.04. The lowest BCUT2D eigenvalue weighted by Crippen LogP contribution is -2.47. The quantitative estimate of drug-likeness (QED) is 0.603.